The molecule has 0 radical (unpaired) electrons. The van der Waals surface area contributed by atoms with Crippen molar-refractivity contribution in [1.29, 1.82) is 0 Å². The molecule has 1 aromatic carbocycles. The van der Waals surface area contributed by atoms with E-state index in [2.05, 4.69) is 20.9 Å². The Hall–Kier alpha value is -0.910. The van der Waals surface area contributed by atoms with Crippen LogP contribution in [0.1, 0.15) is 0 Å². The first-order valence-electron chi connectivity index (χ1n) is 4.63. The lowest BCUT2D eigenvalue weighted by Crippen LogP contribution is -2.02. The van der Waals surface area contributed by atoms with E-state index in [1.54, 1.807) is 18.2 Å². The third kappa shape index (κ3) is 2.51. The van der Waals surface area contributed by atoms with Gasteiger partial charge in [0.15, 0.2) is 0 Å². The van der Waals surface area contributed by atoms with Gasteiger partial charge in [0, 0.05) is 6.20 Å². The van der Waals surface area contributed by atoms with Crippen molar-refractivity contribution in [2.45, 2.75) is 9.79 Å². The van der Waals surface area contributed by atoms with Crippen molar-refractivity contribution in [1.82, 2.24) is 4.98 Å². The smallest absolute Gasteiger partial charge is 0.208 e. The molecule has 17 heavy (non-hydrogen) atoms. The number of hydrogen-bond donors (Lipinski definition) is 0. The maximum atomic E-state index is 12.3. The predicted octanol–water partition coefficient (Wildman–Crippen LogP) is 3.33. The lowest BCUT2D eigenvalue weighted by atomic mass is 10.4. The summed E-state index contributed by atoms with van der Waals surface area (Å²) in [7, 11) is -3.59. The summed E-state index contributed by atoms with van der Waals surface area (Å²) >= 11 is 9.03. The van der Waals surface area contributed by atoms with Gasteiger partial charge in [0.2, 0.25) is 9.84 Å². The van der Waals surface area contributed by atoms with Crippen molar-refractivity contribution >= 4 is 37.4 Å². The number of pyridine rings is 1. The second-order valence-electron chi connectivity index (χ2n) is 3.25. The Morgan fingerprint density at radius 1 is 1.18 bits per heavy atom. The van der Waals surface area contributed by atoms with Crippen LogP contribution < -0.4 is 0 Å². The molecule has 0 saturated heterocycles. The lowest BCUT2D eigenvalue weighted by molar-refractivity contribution is 0.596. The van der Waals surface area contributed by atoms with Crippen molar-refractivity contribution in [2.75, 3.05) is 0 Å². The highest BCUT2D eigenvalue weighted by Gasteiger charge is 2.20. The molecule has 0 bridgehead atoms. The van der Waals surface area contributed by atoms with Gasteiger partial charge in [0.05, 0.1) is 14.8 Å². The number of benzene rings is 1. The number of sulfone groups is 1. The van der Waals surface area contributed by atoms with Crippen LogP contribution in [0.15, 0.2) is 57.0 Å². The van der Waals surface area contributed by atoms with Gasteiger partial charge in [-0.15, -0.1) is 0 Å². The minimum Gasteiger partial charge on any atom is -0.249 e. The fourth-order valence-electron chi connectivity index (χ4n) is 1.34. The minimum absolute atomic E-state index is 0.0970. The van der Waals surface area contributed by atoms with Gasteiger partial charge in [-0.1, -0.05) is 23.7 Å². The fourth-order valence-corrected chi connectivity index (χ4v) is 3.64. The molecule has 6 heteroatoms. The molecule has 0 aliphatic heterocycles. The third-order valence-electron chi connectivity index (χ3n) is 2.13. The highest BCUT2D eigenvalue weighted by atomic mass is 79.9. The summed E-state index contributed by atoms with van der Waals surface area (Å²) in [5.41, 5.74) is 0. The second-order valence-corrected chi connectivity index (χ2v) is 6.39. The van der Waals surface area contributed by atoms with Crippen LogP contribution in [-0.4, -0.2) is 13.4 Å². The molecule has 2 aromatic rings. The molecule has 0 saturated carbocycles. The molecule has 0 atom stereocenters. The number of nitrogens with zero attached hydrogens (tertiary/aromatic N) is 1. The van der Waals surface area contributed by atoms with Crippen molar-refractivity contribution in [2.24, 2.45) is 0 Å². The molecule has 1 aromatic heterocycles. The van der Waals surface area contributed by atoms with E-state index in [0.29, 0.717) is 4.60 Å². The Morgan fingerprint density at radius 2 is 1.88 bits per heavy atom. The van der Waals surface area contributed by atoms with E-state index in [4.69, 9.17) is 11.6 Å². The van der Waals surface area contributed by atoms with Crippen LogP contribution in [0.4, 0.5) is 0 Å². The maximum absolute atomic E-state index is 12.3. The summed E-state index contributed by atoms with van der Waals surface area (Å²) in [4.78, 5) is 4.15. The van der Waals surface area contributed by atoms with E-state index >= 15 is 0 Å². The van der Waals surface area contributed by atoms with Gasteiger partial charge in [0.1, 0.15) is 4.60 Å². The van der Waals surface area contributed by atoms with Crippen LogP contribution in [0.25, 0.3) is 0 Å². The lowest BCUT2D eigenvalue weighted by Gasteiger charge is -2.06. The predicted molar refractivity (Wildman–Crippen MR) is 68.8 cm³/mol. The van der Waals surface area contributed by atoms with Gasteiger partial charge in [0.25, 0.3) is 0 Å². The molecule has 88 valence electrons. The highest BCUT2D eigenvalue weighted by molar-refractivity contribution is 9.10. The third-order valence-corrected chi connectivity index (χ3v) is 4.82. The molecule has 0 unspecified atom stereocenters. The van der Waals surface area contributed by atoms with E-state index in [0.717, 1.165) is 0 Å². The van der Waals surface area contributed by atoms with Gasteiger partial charge in [-0.3, -0.25) is 0 Å². The first kappa shape index (κ1) is 12.5. The van der Waals surface area contributed by atoms with Crippen LogP contribution in [0.2, 0.25) is 5.02 Å². The summed E-state index contributed by atoms with van der Waals surface area (Å²) in [6, 6.07) is 9.22. The number of halogens is 2. The van der Waals surface area contributed by atoms with Crippen LogP contribution in [0.3, 0.4) is 0 Å². The van der Waals surface area contributed by atoms with E-state index in [9.17, 15) is 8.42 Å². The summed E-state index contributed by atoms with van der Waals surface area (Å²) in [6.07, 6.45) is 1.42. The molecule has 0 fully saturated rings. The highest BCUT2D eigenvalue weighted by Crippen LogP contribution is 2.27. The van der Waals surface area contributed by atoms with Gasteiger partial charge >= 0.3 is 0 Å². The molecule has 0 spiro atoms. The van der Waals surface area contributed by atoms with Crippen LogP contribution >= 0.6 is 27.5 Å². The molecule has 3 nitrogen and oxygen atoms in total. The van der Waals surface area contributed by atoms with Crippen molar-refractivity contribution in [3.8, 4) is 0 Å². The van der Waals surface area contributed by atoms with Crippen LogP contribution in [0, 0.1) is 0 Å². The molecule has 0 aliphatic carbocycles. The number of rotatable bonds is 2. The van der Waals surface area contributed by atoms with E-state index in [-0.39, 0.29) is 14.8 Å². The Bertz CT molecular complexity index is 658. The molecule has 0 amide bonds. The van der Waals surface area contributed by atoms with Crippen molar-refractivity contribution < 1.29 is 8.42 Å². The summed E-state index contributed by atoms with van der Waals surface area (Å²) in [5.74, 6) is 0. The number of aromatic nitrogens is 1. The number of hydrogen-bond acceptors (Lipinski definition) is 3. The zero-order valence-electron chi connectivity index (χ0n) is 8.47. The maximum Gasteiger partial charge on any atom is 0.208 e. The van der Waals surface area contributed by atoms with Gasteiger partial charge in [-0.05, 0) is 40.2 Å². The van der Waals surface area contributed by atoms with E-state index in [1.165, 1.54) is 24.4 Å². The molecule has 0 N–H and O–H groups in total. The molecular weight excluding hydrogens is 326 g/mol. The Kier molecular flexibility index (Phi) is 3.51. The summed E-state index contributed by atoms with van der Waals surface area (Å²) in [5, 5.41) is 0.209. The average Bonchev–Trinajstić information content (AvgIpc) is 2.29. The van der Waals surface area contributed by atoms with Crippen LogP contribution in [-0.2, 0) is 9.84 Å². The molecule has 2 rings (SSSR count). The zero-order valence-corrected chi connectivity index (χ0v) is 11.6. The molecule has 0 aliphatic rings. The molecular formula is C11H7BrClNO2S. The first-order valence-corrected chi connectivity index (χ1v) is 7.28. The van der Waals surface area contributed by atoms with E-state index in [1.807, 2.05) is 0 Å². The van der Waals surface area contributed by atoms with Gasteiger partial charge < -0.3 is 0 Å². The monoisotopic (exact) mass is 331 g/mol. The van der Waals surface area contributed by atoms with Crippen LogP contribution in [0.5, 0.6) is 0 Å². The molecule has 1 heterocycles. The van der Waals surface area contributed by atoms with Crippen molar-refractivity contribution in [3.63, 3.8) is 0 Å². The first-order chi connectivity index (χ1) is 8.01. The van der Waals surface area contributed by atoms with Gasteiger partial charge in [-0.25, -0.2) is 13.4 Å². The van der Waals surface area contributed by atoms with Crippen molar-refractivity contribution in [3.05, 3.63) is 52.2 Å². The SMILES string of the molecule is O=S(=O)(c1ccnc(Br)c1)c1ccccc1Cl. The standard InChI is InChI=1S/C11H7BrClNO2S/c12-11-7-8(5-6-14-11)17(15,16)10-4-2-1-3-9(10)13/h1-7H. The summed E-state index contributed by atoms with van der Waals surface area (Å²) < 4.78 is 25.0. The average molecular weight is 333 g/mol. The summed E-state index contributed by atoms with van der Waals surface area (Å²) in [6.45, 7) is 0. The topological polar surface area (TPSA) is 47.0 Å². The second kappa shape index (κ2) is 4.76. The Labute approximate surface area is 113 Å². The zero-order chi connectivity index (χ0) is 12.5. The van der Waals surface area contributed by atoms with E-state index < -0.39 is 9.84 Å². The largest absolute Gasteiger partial charge is 0.249 e. The van der Waals surface area contributed by atoms with Gasteiger partial charge in [-0.2, -0.15) is 0 Å². The Morgan fingerprint density at radius 3 is 2.53 bits per heavy atom. The quantitative estimate of drug-likeness (QED) is 0.793. The normalized spacial score (nSPS) is 11.4. The Balaban J connectivity index is 2.63. The fraction of sp³-hybridized carbons (Fsp3) is 0. The minimum atomic E-state index is -3.59.